The highest BCUT2D eigenvalue weighted by Gasteiger charge is 2.48. The first kappa shape index (κ1) is 19.4. The molecule has 0 bridgehead atoms. The van der Waals surface area contributed by atoms with Crippen LogP contribution >= 0.6 is 0 Å². The monoisotopic (exact) mass is 330 g/mol. The van der Waals surface area contributed by atoms with Crippen LogP contribution in [0.15, 0.2) is 24.3 Å². The molecule has 0 aliphatic rings. The minimum Gasteiger partial charge on any atom is -0.488 e. The summed E-state index contributed by atoms with van der Waals surface area (Å²) in [5.74, 6) is -2.54. The van der Waals surface area contributed by atoms with Crippen molar-refractivity contribution >= 4 is 5.97 Å². The Kier molecular flexibility index (Phi) is 6.11. The van der Waals surface area contributed by atoms with E-state index in [1.165, 1.54) is 19.1 Å². The van der Waals surface area contributed by atoms with E-state index < -0.39 is 29.5 Å². The molecule has 0 saturated carbocycles. The summed E-state index contributed by atoms with van der Waals surface area (Å²) >= 11 is 0. The third-order valence-corrected chi connectivity index (χ3v) is 3.54. The van der Waals surface area contributed by atoms with E-state index >= 15 is 0 Å². The fourth-order valence-electron chi connectivity index (χ4n) is 2.40. The molecule has 0 radical (unpaired) electrons. The predicted octanol–water partition coefficient (Wildman–Crippen LogP) is 3.52. The zero-order valence-electron chi connectivity index (χ0n) is 14.1. The van der Waals surface area contributed by atoms with Gasteiger partial charge in [-0.05, 0) is 44.9 Å². The summed E-state index contributed by atoms with van der Waals surface area (Å²) in [5, 5.41) is 10.7. The van der Waals surface area contributed by atoms with E-state index in [1.54, 1.807) is 12.1 Å². The van der Waals surface area contributed by atoms with Crippen molar-refractivity contribution in [1.82, 2.24) is 0 Å². The number of esters is 1. The molecule has 0 spiro atoms. The Labute approximate surface area is 135 Å². The van der Waals surface area contributed by atoms with Crippen LogP contribution in [-0.2, 0) is 15.1 Å². The number of carbonyl (C=O) groups excluding carboxylic acids is 1. The van der Waals surface area contributed by atoms with Crippen LogP contribution in [-0.4, -0.2) is 30.2 Å². The first-order chi connectivity index (χ1) is 10.5. The number of rotatable bonds is 6. The summed E-state index contributed by atoms with van der Waals surface area (Å²) in [6, 6.07) is 6.15. The molecule has 1 N–H and O–H groups in total. The average Bonchev–Trinajstić information content (AvgIpc) is 2.45. The van der Waals surface area contributed by atoms with Crippen LogP contribution in [0.4, 0.5) is 8.78 Å². The maximum atomic E-state index is 13.3. The number of alkyl halides is 2. The van der Waals surface area contributed by atoms with E-state index in [0.717, 1.165) is 7.11 Å². The summed E-state index contributed by atoms with van der Waals surface area (Å²) in [4.78, 5) is 11.7. The third-order valence-electron chi connectivity index (χ3n) is 3.54. The number of ether oxygens (including phenoxy) is 2. The van der Waals surface area contributed by atoms with E-state index in [4.69, 9.17) is 4.74 Å². The summed E-state index contributed by atoms with van der Waals surface area (Å²) in [6.07, 6.45) is -3.10. The van der Waals surface area contributed by atoms with Gasteiger partial charge in [-0.25, -0.2) is 8.78 Å². The molecule has 0 aliphatic heterocycles. The highest BCUT2D eigenvalue weighted by atomic mass is 19.3. The Morgan fingerprint density at radius 2 is 1.74 bits per heavy atom. The minimum absolute atomic E-state index is 0.0589. The molecule has 2 atom stereocenters. The Hall–Kier alpha value is -1.69. The van der Waals surface area contributed by atoms with Crippen LogP contribution in [0.25, 0.3) is 0 Å². The first-order valence-electron chi connectivity index (χ1n) is 7.43. The molecule has 0 heterocycles. The van der Waals surface area contributed by atoms with E-state index in [9.17, 15) is 18.7 Å². The van der Waals surface area contributed by atoms with Gasteiger partial charge in [0.15, 0.2) is 5.92 Å². The number of carbonyl (C=O) groups is 1. The van der Waals surface area contributed by atoms with E-state index in [1.807, 2.05) is 20.8 Å². The standard InChI is InChI=1S/C17H24F2O4/c1-6-17(21,13(14(18)19)15(20)22-5)11-7-9-12(10-8-11)23-16(2,3)4/h7-10,13-14,21H,6H2,1-5H3. The smallest absolute Gasteiger partial charge is 0.317 e. The number of halogens is 2. The summed E-state index contributed by atoms with van der Waals surface area (Å²) in [7, 11) is 1.02. The van der Waals surface area contributed by atoms with Crippen LogP contribution in [0.5, 0.6) is 5.75 Å². The molecule has 1 aromatic carbocycles. The van der Waals surface area contributed by atoms with Gasteiger partial charge in [0.25, 0.3) is 6.43 Å². The maximum absolute atomic E-state index is 13.3. The van der Waals surface area contributed by atoms with E-state index in [0.29, 0.717) is 5.75 Å². The quantitative estimate of drug-likeness (QED) is 0.811. The van der Waals surface area contributed by atoms with Gasteiger partial charge in [-0.3, -0.25) is 4.79 Å². The molecule has 4 nitrogen and oxygen atoms in total. The molecule has 2 unspecified atom stereocenters. The van der Waals surface area contributed by atoms with Crippen LogP contribution < -0.4 is 4.74 Å². The molecular weight excluding hydrogens is 306 g/mol. The highest BCUT2D eigenvalue weighted by molar-refractivity contribution is 5.74. The van der Waals surface area contributed by atoms with Gasteiger partial charge in [-0.15, -0.1) is 0 Å². The highest BCUT2D eigenvalue weighted by Crippen LogP contribution is 2.38. The molecule has 0 aliphatic carbocycles. The van der Waals surface area contributed by atoms with Gasteiger partial charge in [-0.2, -0.15) is 0 Å². The normalized spacial score (nSPS) is 15.9. The molecule has 0 saturated heterocycles. The van der Waals surface area contributed by atoms with Gasteiger partial charge in [0.1, 0.15) is 17.0 Å². The molecule has 1 aromatic rings. The molecule has 130 valence electrons. The molecule has 0 aromatic heterocycles. The lowest BCUT2D eigenvalue weighted by molar-refractivity contribution is -0.170. The van der Waals surface area contributed by atoms with Crippen molar-refractivity contribution < 1.29 is 28.2 Å². The Morgan fingerprint density at radius 1 is 1.22 bits per heavy atom. The van der Waals surface area contributed by atoms with Crippen LogP contribution in [0.3, 0.4) is 0 Å². The maximum Gasteiger partial charge on any atom is 0.317 e. The van der Waals surface area contributed by atoms with Crippen molar-refractivity contribution in [2.45, 2.75) is 51.7 Å². The van der Waals surface area contributed by atoms with Crippen molar-refractivity contribution in [3.8, 4) is 5.75 Å². The second-order valence-electron chi connectivity index (χ2n) is 6.35. The molecule has 0 amide bonds. The third kappa shape index (κ3) is 4.64. The van der Waals surface area contributed by atoms with Crippen LogP contribution in [0.1, 0.15) is 39.7 Å². The van der Waals surface area contributed by atoms with Gasteiger partial charge in [0, 0.05) is 0 Å². The molecule has 6 heteroatoms. The van der Waals surface area contributed by atoms with Gasteiger partial charge in [0.2, 0.25) is 0 Å². The average molecular weight is 330 g/mol. The fraction of sp³-hybridized carbons (Fsp3) is 0.588. The van der Waals surface area contributed by atoms with Gasteiger partial charge >= 0.3 is 5.97 Å². The lowest BCUT2D eigenvalue weighted by Crippen LogP contribution is -2.44. The predicted molar refractivity (Wildman–Crippen MR) is 82.5 cm³/mol. The van der Waals surface area contributed by atoms with Crippen LogP contribution in [0, 0.1) is 5.92 Å². The lowest BCUT2D eigenvalue weighted by atomic mass is 9.79. The molecule has 1 rings (SSSR count). The molecular formula is C17H24F2O4. The summed E-state index contributed by atoms with van der Waals surface area (Å²) < 4.78 is 36.7. The van der Waals surface area contributed by atoms with Crippen LogP contribution in [0.2, 0.25) is 0 Å². The number of hydrogen-bond donors (Lipinski definition) is 1. The van der Waals surface area contributed by atoms with E-state index in [2.05, 4.69) is 4.74 Å². The van der Waals surface area contributed by atoms with Crippen molar-refractivity contribution in [3.05, 3.63) is 29.8 Å². The van der Waals surface area contributed by atoms with Gasteiger partial charge < -0.3 is 14.6 Å². The van der Waals surface area contributed by atoms with Crippen molar-refractivity contribution in [2.75, 3.05) is 7.11 Å². The molecule has 0 fully saturated rings. The van der Waals surface area contributed by atoms with Gasteiger partial charge in [-0.1, -0.05) is 19.1 Å². The van der Waals surface area contributed by atoms with Gasteiger partial charge in [0.05, 0.1) is 7.11 Å². The first-order valence-corrected chi connectivity index (χ1v) is 7.43. The zero-order valence-corrected chi connectivity index (χ0v) is 14.1. The van der Waals surface area contributed by atoms with Crippen molar-refractivity contribution in [1.29, 1.82) is 0 Å². The van der Waals surface area contributed by atoms with E-state index in [-0.39, 0.29) is 12.0 Å². The summed E-state index contributed by atoms with van der Waals surface area (Å²) in [5.41, 5.74) is -2.20. The zero-order chi connectivity index (χ0) is 17.8. The Bertz CT molecular complexity index is 522. The largest absolute Gasteiger partial charge is 0.488 e. The van der Waals surface area contributed by atoms with Crippen molar-refractivity contribution in [2.24, 2.45) is 5.92 Å². The second-order valence-corrected chi connectivity index (χ2v) is 6.35. The summed E-state index contributed by atoms with van der Waals surface area (Å²) in [6.45, 7) is 7.19. The Balaban J connectivity index is 3.19. The number of benzene rings is 1. The fourth-order valence-corrected chi connectivity index (χ4v) is 2.40. The second kappa shape index (κ2) is 7.25. The number of methoxy groups -OCH3 is 1. The number of hydrogen-bond acceptors (Lipinski definition) is 4. The molecule has 23 heavy (non-hydrogen) atoms. The topological polar surface area (TPSA) is 55.8 Å². The SMILES string of the molecule is CCC(O)(c1ccc(OC(C)(C)C)cc1)C(C(=O)OC)C(F)F. The lowest BCUT2D eigenvalue weighted by Gasteiger charge is -2.34. The van der Waals surface area contributed by atoms with Crippen molar-refractivity contribution in [3.63, 3.8) is 0 Å². The Morgan fingerprint density at radius 3 is 2.09 bits per heavy atom. The minimum atomic E-state index is -3.04. The number of aliphatic hydroxyl groups is 1.